The Labute approximate surface area is 75.5 Å². The van der Waals surface area contributed by atoms with Gasteiger partial charge in [0.05, 0.1) is 6.42 Å². The predicted molar refractivity (Wildman–Crippen MR) is 46.8 cm³/mol. The number of benzene rings is 1. The molecule has 0 bridgehead atoms. The van der Waals surface area contributed by atoms with Gasteiger partial charge in [-0.05, 0) is 6.07 Å². The highest BCUT2D eigenvalue weighted by Crippen LogP contribution is 2.21. The van der Waals surface area contributed by atoms with E-state index in [1.165, 1.54) is 0 Å². The molecule has 0 N–H and O–H groups in total. The summed E-state index contributed by atoms with van der Waals surface area (Å²) >= 11 is 0. The molecule has 0 unspecified atom stereocenters. The van der Waals surface area contributed by atoms with E-state index < -0.39 is 0 Å². The maximum Gasteiger partial charge on any atom is 0.359 e. The van der Waals surface area contributed by atoms with E-state index in [0.717, 1.165) is 5.56 Å². The monoisotopic (exact) mass is 176 g/mol. The number of hydrogen-bond acceptors (Lipinski definition) is 3. The molecule has 0 atom stereocenters. The number of para-hydroxylation sites is 1. The molecule has 0 saturated carbocycles. The van der Waals surface area contributed by atoms with Crippen LogP contribution in [0.4, 0.5) is 0 Å². The smallest absolute Gasteiger partial charge is 0.286 e. The van der Waals surface area contributed by atoms with Gasteiger partial charge in [-0.2, -0.15) is 0 Å². The van der Waals surface area contributed by atoms with Gasteiger partial charge >= 0.3 is 5.97 Å². The average molecular weight is 176 g/mol. The molecule has 0 saturated heterocycles. The second-order valence-corrected chi connectivity index (χ2v) is 2.68. The van der Waals surface area contributed by atoms with Crippen molar-refractivity contribution in [2.45, 2.75) is 6.42 Å². The molecule has 0 amide bonds. The lowest BCUT2D eigenvalue weighted by molar-refractivity contribution is -0.212. The third-order valence-corrected chi connectivity index (χ3v) is 1.73. The van der Waals surface area contributed by atoms with E-state index in [9.17, 15) is 4.79 Å². The van der Waals surface area contributed by atoms with Crippen LogP contribution in [0.25, 0.3) is 6.08 Å². The Morgan fingerprint density at radius 2 is 2.00 bits per heavy atom. The van der Waals surface area contributed by atoms with Crippen LogP contribution in [0.5, 0.6) is 5.75 Å². The third-order valence-electron chi connectivity index (χ3n) is 1.73. The summed E-state index contributed by atoms with van der Waals surface area (Å²) in [5.41, 5.74) is 0.912. The lowest BCUT2D eigenvalue weighted by Crippen LogP contribution is -2.08. The number of hydrogen-bond donors (Lipinski definition) is 0. The van der Waals surface area contributed by atoms with Gasteiger partial charge in [0, 0.05) is 5.56 Å². The molecule has 0 spiro atoms. The summed E-state index contributed by atoms with van der Waals surface area (Å²) in [7, 11) is 0. The van der Waals surface area contributed by atoms with Gasteiger partial charge in [0.25, 0.3) is 0 Å². The van der Waals surface area contributed by atoms with E-state index in [1.54, 1.807) is 12.1 Å². The van der Waals surface area contributed by atoms with Crippen molar-refractivity contribution in [1.82, 2.24) is 0 Å². The zero-order valence-corrected chi connectivity index (χ0v) is 6.90. The molecule has 66 valence electrons. The molecule has 13 heavy (non-hydrogen) atoms. The van der Waals surface area contributed by atoms with Crippen LogP contribution in [0.1, 0.15) is 12.0 Å². The predicted octanol–water partition coefficient (Wildman–Crippen LogP) is 1.94. The summed E-state index contributed by atoms with van der Waals surface area (Å²) in [4.78, 5) is 20.2. The summed E-state index contributed by atoms with van der Waals surface area (Å²) < 4.78 is 0. The average Bonchev–Trinajstić information content (AvgIpc) is 2.13. The molecule has 3 nitrogen and oxygen atoms in total. The number of rotatable bonds is 0. The minimum atomic E-state index is -0.384. The molecule has 1 aliphatic heterocycles. The Hall–Kier alpha value is -1.77. The Kier molecular flexibility index (Phi) is 2.00. The zero-order valence-electron chi connectivity index (χ0n) is 6.90. The number of carbonyl (C=O) groups excluding carboxylic acids is 1. The maximum absolute atomic E-state index is 10.8. The number of fused-ring (bicyclic) bond motifs is 1. The van der Waals surface area contributed by atoms with Crippen molar-refractivity contribution in [2.75, 3.05) is 0 Å². The highest BCUT2D eigenvalue weighted by atomic mass is 17.2. The summed E-state index contributed by atoms with van der Waals surface area (Å²) in [6.07, 6.45) is 3.84. The fourth-order valence-corrected chi connectivity index (χ4v) is 1.10. The van der Waals surface area contributed by atoms with E-state index in [2.05, 4.69) is 4.89 Å². The molecule has 1 aliphatic rings. The molecule has 1 aromatic carbocycles. The molecule has 0 aromatic heterocycles. The fourth-order valence-electron chi connectivity index (χ4n) is 1.10. The lowest BCUT2D eigenvalue weighted by Gasteiger charge is -2.08. The van der Waals surface area contributed by atoms with Crippen LogP contribution >= 0.6 is 0 Å². The zero-order chi connectivity index (χ0) is 9.10. The second-order valence-electron chi connectivity index (χ2n) is 2.68. The van der Waals surface area contributed by atoms with E-state index in [0.29, 0.717) is 5.75 Å². The van der Waals surface area contributed by atoms with Crippen LogP contribution in [0.2, 0.25) is 0 Å². The van der Waals surface area contributed by atoms with Gasteiger partial charge in [-0.15, -0.1) is 0 Å². The first-order valence-electron chi connectivity index (χ1n) is 3.99. The standard InChI is InChI=1S/C10H8O3/c11-10-7-3-5-8-4-1-2-6-9(8)12-13-10/h1-6H,7H2/b5-3-. The van der Waals surface area contributed by atoms with Crippen molar-refractivity contribution >= 4 is 12.0 Å². The Morgan fingerprint density at radius 1 is 1.15 bits per heavy atom. The van der Waals surface area contributed by atoms with Gasteiger partial charge in [-0.3, -0.25) is 9.78 Å². The first kappa shape index (κ1) is 7.86. The molecular formula is C10H8O3. The molecule has 3 heteroatoms. The SMILES string of the molecule is O=C1C/C=C\c2ccccc2OO1. The van der Waals surface area contributed by atoms with Crippen LogP contribution < -0.4 is 4.89 Å². The molecule has 0 radical (unpaired) electrons. The van der Waals surface area contributed by atoms with Crippen molar-refractivity contribution in [3.05, 3.63) is 35.9 Å². The van der Waals surface area contributed by atoms with Crippen molar-refractivity contribution in [3.8, 4) is 5.75 Å². The van der Waals surface area contributed by atoms with E-state index in [-0.39, 0.29) is 12.4 Å². The van der Waals surface area contributed by atoms with E-state index in [4.69, 9.17) is 4.89 Å². The van der Waals surface area contributed by atoms with Gasteiger partial charge < -0.3 is 0 Å². The third kappa shape index (κ3) is 1.69. The highest BCUT2D eigenvalue weighted by molar-refractivity contribution is 5.73. The summed E-state index contributed by atoms with van der Waals surface area (Å²) in [6.45, 7) is 0. The minimum absolute atomic E-state index is 0.244. The van der Waals surface area contributed by atoms with Gasteiger partial charge in [-0.1, -0.05) is 30.4 Å². The highest BCUT2D eigenvalue weighted by Gasteiger charge is 2.08. The summed E-state index contributed by atoms with van der Waals surface area (Å²) in [5, 5.41) is 0. The maximum atomic E-state index is 10.8. The molecule has 1 aromatic rings. The Morgan fingerprint density at radius 3 is 2.92 bits per heavy atom. The second kappa shape index (κ2) is 3.31. The lowest BCUT2D eigenvalue weighted by atomic mass is 10.2. The number of carbonyl (C=O) groups is 1. The van der Waals surface area contributed by atoms with Crippen molar-refractivity contribution < 1.29 is 14.6 Å². The Bertz CT molecular complexity index is 355. The Balaban J connectivity index is 2.36. The normalized spacial score (nSPS) is 17.4. The molecule has 2 rings (SSSR count). The molecule has 1 heterocycles. The quantitative estimate of drug-likeness (QED) is 0.566. The fraction of sp³-hybridized carbons (Fsp3) is 0.100. The van der Waals surface area contributed by atoms with E-state index in [1.807, 2.05) is 24.3 Å². The summed E-state index contributed by atoms with van der Waals surface area (Å²) in [5.74, 6) is 0.178. The topological polar surface area (TPSA) is 35.5 Å². The van der Waals surface area contributed by atoms with E-state index >= 15 is 0 Å². The molecular weight excluding hydrogens is 168 g/mol. The van der Waals surface area contributed by atoms with Gasteiger partial charge in [-0.25, -0.2) is 4.79 Å². The van der Waals surface area contributed by atoms with Crippen LogP contribution in [0.3, 0.4) is 0 Å². The first-order valence-corrected chi connectivity index (χ1v) is 3.99. The van der Waals surface area contributed by atoms with Crippen molar-refractivity contribution in [1.29, 1.82) is 0 Å². The first-order chi connectivity index (χ1) is 6.36. The van der Waals surface area contributed by atoms with Gasteiger partial charge in [0.1, 0.15) is 0 Å². The van der Waals surface area contributed by atoms with Crippen molar-refractivity contribution in [2.24, 2.45) is 0 Å². The summed E-state index contributed by atoms with van der Waals surface area (Å²) in [6, 6.07) is 7.36. The van der Waals surface area contributed by atoms with Crippen LogP contribution in [0.15, 0.2) is 30.3 Å². The van der Waals surface area contributed by atoms with Crippen LogP contribution in [-0.4, -0.2) is 5.97 Å². The van der Waals surface area contributed by atoms with Crippen molar-refractivity contribution in [3.63, 3.8) is 0 Å². The minimum Gasteiger partial charge on any atom is -0.286 e. The van der Waals surface area contributed by atoms with Gasteiger partial charge in [0.2, 0.25) is 0 Å². The van der Waals surface area contributed by atoms with Crippen LogP contribution in [0, 0.1) is 0 Å². The van der Waals surface area contributed by atoms with Crippen LogP contribution in [-0.2, 0) is 9.68 Å². The molecule has 0 fully saturated rings. The largest absolute Gasteiger partial charge is 0.359 e. The van der Waals surface area contributed by atoms with Gasteiger partial charge in [0.15, 0.2) is 5.75 Å². The molecule has 0 aliphatic carbocycles.